The Bertz CT molecular complexity index is 324. The number of nitrogens with two attached hydrogens (primary N) is 1. The van der Waals surface area contributed by atoms with Crippen molar-refractivity contribution in [3.05, 3.63) is 0 Å². The van der Waals surface area contributed by atoms with Gasteiger partial charge < -0.3 is 10.6 Å². The highest BCUT2D eigenvalue weighted by Crippen LogP contribution is 2.27. The van der Waals surface area contributed by atoms with Crippen LogP contribution < -0.4 is 5.73 Å². The average Bonchev–Trinajstić information content (AvgIpc) is 2.67. The van der Waals surface area contributed by atoms with E-state index >= 15 is 0 Å². The molecule has 0 aromatic heterocycles. The highest BCUT2D eigenvalue weighted by atomic mass is 32.1. The molecule has 1 unspecified atom stereocenters. The van der Waals surface area contributed by atoms with Crippen molar-refractivity contribution in [3.63, 3.8) is 0 Å². The van der Waals surface area contributed by atoms with Gasteiger partial charge in [-0.05, 0) is 31.6 Å². The largest absolute Gasteiger partial charge is 0.393 e. The zero-order chi connectivity index (χ0) is 13.7. The molecular weight excluding hydrogens is 256 g/mol. The molecule has 1 saturated heterocycles. The van der Waals surface area contributed by atoms with Crippen LogP contribution in [-0.2, 0) is 4.79 Å². The van der Waals surface area contributed by atoms with Crippen molar-refractivity contribution in [2.24, 2.45) is 17.6 Å². The lowest BCUT2D eigenvalue weighted by molar-refractivity contribution is -0.133. The van der Waals surface area contributed by atoms with Crippen LogP contribution in [-0.4, -0.2) is 28.9 Å². The standard InChI is InChI=1S/C15H26N2OS/c16-15(19)13-8-5-9-17(11-13)14(18)10-12-6-3-1-2-4-7-12/h12-13H,1-11H2,(H2,16,19). The van der Waals surface area contributed by atoms with E-state index < -0.39 is 0 Å². The summed E-state index contributed by atoms with van der Waals surface area (Å²) < 4.78 is 0. The van der Waals surface area contributed by atoms with Crippen molar-refractivity contribution in [2.45, 2.75) is 57.8 Å². The zero-order valence-corrected chi connectivity index (χ0v) is 12.6. The number of likely N-dealkylation sites (tertiary alicyclic amines) is 1. The van der Waals surface area contributed by atoms with E-state index in [4.69, 9.17) is 18.0 Å². The number of hydrogen-bond donors (Lipinski definition) is 1. The molecule has 4 heteroatoms. The fraction of sp³-hybridized carbons (Fsp3) is 0.867. The third-order valence-corrected chi connectivity index (χ3v) is 4.95. The molecule has 0 radical (unpaired) electrons. The van der Waals surface area contributed by atoms with Crippen LogP contribution in [0.4, 0.5) is 0 Å². The molecular formula is C15H26N2OS. The Hall–Kier alpha value is -0.640. The van der Waals surface area contributed by atoms with E-state index in [1.165, 1.54) is 38.5 Å². The number of carbonyl (C=O) groups is 1. The summed E-state index contributed by atoms with van der Waals surface area (Å²) in [6.07, 6.45) is 10.6. The van der Waals surface area contributed by atoms with Gasteiger partial charge in [0.05, 0.1) is 4.99 Å². The molecule has 1 amide bonds. The first-order valence-corrected chi connectivity index (χ1v) is 8.14. The molecule has 2 rings (SSSR count). The van der Waals surface area contributed by atoms with E-state index in [9.17, 15) is 4.79 Å². The number of rotatable bonds is 3. The van der Waals surface area contributed by atoms with Crippen molar-refractivity contribution in [2.75, 3.05) is 13.1 Å². The van der Waals surface area contributed by atoms with Crippen LogP contribution in [0.5, 0.6) is 0 Å². The van der Waals surface area contributed by atoms with Crippen LogP contribution in [0.25, 0.3) is 0 Å². The van der Waals surface area contributed by atoms with Crippen LogP contribution in [0.1, 0.15) is 57.8 Å². The van der Waals surface area contributed by atoms with Gasteiger partial charge in [0.15, 0.2) is 0 Å². The second kappa shape index (κ2) is 7.22. The molecule has 19 heavy (non-hydrogen) atoms. The Labute approximate surface area is 121 Å². The van der Waals surface area contributed by atoms with Gasteiger partial charge in [-0.2, -0.15) is 0 Å². The summed E-state index contributed by atoms with van der Waals surface area (Å²) in [5.41, 5.74) is 5.73. The summed E-state index contributed by atoms with van der Waals surface area (Å²) >= 11 is 5.07. The predicted octanol–water partition coefficient (Wildman–Crippen LogP) is 2.87. The molecule has 2 aliphatic rings. The number of hydrogen-bond acceptors (Lipinski definition) is 2. The van der Waals surface area contributed by atoms with Gasteiger partial charge in [-0.15, -0.1) is 0 Å². The maximum absolute atomic E-state index is 12.4. The molecule has 0 aromatic carbocycles. The number of carbonyl (C=O) groups excluding carboxylic acids is 1. The molecule has 1 aliphatic carbocycles. The minimum absolute atomic E-state index is 0.238. The molecule has 2 fully saturated rings. The smallest absolute Gasteiger partial charge is 0.222 e. The van der Waals surface area contributed by atoms with Crippen LogP contribution >= 0.6 is 12.2 Å². The molecule has 1 aliphatic heterocycles. The van der Waals surface area contributed by atoms with E-state index in [2.05, 4.69) is 0 Å². The molecule has 0 spiro atoms. The van der Waals surface area contributed by atoms with Gasteiger partial charge >= 0.3 is 0 Å². The monoisotopic (exact) mass is 282 g/mol. The predicted molar refractivity (Wildman–Crippen MR) is 81.9 cm³/mol. The van der Waals surface area contributed by atoms with Crippen LogP contribution in [0, 0.1) is 11.8 Å². The highest BCUT2D eigenvalue weighted by Gasteiger charge is 2.26. The summed E-state index contributed by atoms with van der Waals surface area (Å²) in [7, 11) is 0. The fourth-order valence-electron chi connectivity index (χ4n) is 3.38. The topological polar surface area (TPSA) is 46.3 Å². The molecule has 2 N–H and O–H groups in total. The normalized spacial score (nSPS) is 25.9. The number of amides is 1. The van der Waals surface area contributed by atoms with E-state index in [0.717, 1.165) is 32.4 Å². The summed E-state index contributed by atoms with van der Waals surface area (Å²) in [4.78, 5) is 15.0. The Morgan fingerprint density at radius 1 is 1.11 bits per heavy atom. The van der Waals surface area contributed by atoms with Crippen LogP contribution in [0.3, 0.4) is 0 Å². The van der Waals surface area contributed by atoms with E-state index in [1.807, 2.05) is 4.90 Å². The Morgan fingerprint density at radius 3 is 2.42 bits per heavy atom. The summed E-state index contributed by atoms with van der Waals surface area (Å²) in [5, 5.41) is 0. The maximum Gasteiger partial charge on any atom is 0.222 e. The van der Waals surface area contributed by atoms with Crippen molar-refractivity contribution in [3.8, 4) is 0 Å². The average molecular weight is 282 g/mol. The summed E-state index contributed by atoms with van der Waals surface area (Å²) in [6, 6.07) is 0. The lowest BCUT2D eigenvalue weighted by Gasteiger charge is -2.33. The minimum atomic E-state index is 0.238. The van der Waals surface area contributed by atoms with Crippen LogP contribution in [0.15, 0.2) is 0 Å². The lowest BCUT2D eigenvalue weighted by Crippen LogP contribution is -2.44. The van der Waals surface area contributed by atoms with Gasteiger partial charge in [-0.1, -0.05) is 37.9 Å². The van der Waals surface area contributed by atoms with Gasteiger partial charge in [0.1, 0.15) is 0 Å². The lowest BCUT2D eigenvalue weighted by atomic mass is 9.94. The molecule has 1 heterocycles. The van der Waals surface area contributed by atoms with Gasteiger partial charge in [-0.3, -0.25) is 4.79 Å². The molecule has 1 atom stereocenters. The van der Waals surface area contributed by atoms with Crippen molar-refractivity contribution in [1.82, 2.24) is 4.90 Å². The highest BCUT2D eigenvalue weighted by molar-refractivity contribution is 7.80. The molecule has 1 saturated carbocycles. The molecule has 0 aromatic rings. The van der Waals surface area contributed by atoms with E-state index in [0.29, 0.717) is 16.8 Å². The first-order chi connectivity index (χ1) is 9.16. The van der Waals surface area contributed by atoms with E-state index in [1.54, 1.807) is 0 Å². The minimum Gasteiger partial charge on any atom is -0.393 e. The maximum atomic E-state index is 12.4. The Balaban J connectivity index is 1.83. The Morgan fingerprint density at radius 2 is 1.79 bits per heavy atom. The third-order valence-electron chi connectivity index (χ3n) is 4.61. The van der Waals surface area contributed by atoms with Gasteiger partial charge in [0.2, 0.25) is 5.91 Å². The third kappa shape index (κ3) is 4.44. The van der Waals surface area contributed by atoms with Crippen molar-refractivity contribution < 1.29 is 4.79 Å². The van der Waals surface area contributed by atoms with Crippen molar-refractivity contribution in [1.29, 1.82) is 0 Å². The summed E-state index contributed by atoms with van der Waals surface area (Å²) in [6.45, 7) is 1.64. The molecule has 0 bridgehead atoms. The number of thiocarbonyl (C=S) groups is 1. The SMILES string of the molecule is NC(=S)C1CCCN(C(=O)CC2CCCCCC2)C1. The van der Waals surface area contributed by atoms with Gasteiger partial charge in [-0.25, -0.2) is 0 Å². The first kappa shape index (κ1) is 14.8. The number of piperidine rings is 1. The van der Waals surface area contributed by atoms with Gasteiger partial charge in [0.25, 0.3) is 0 Å². The second-order valence-electron chi connectivity index (χ2n) is 6.14. The quantitative estimate of drug-likeness (QED) is 0.639. The molecule has 108 valence electrons. The fourth-order valence-corrected chi connectivity index (χ4v) is 3.57. The van der Waals surface area contributed by atoms with E-state index in [-0.39, 0.29) is 5.92 Å². The zero-order valence-electron chi connectivity index (χ0n) is 11.8. The summed E-state index contributed by atoms with van der Waals surface area (Å²) in [5.74, 6) is 1.18. The van der Waals surface area contributed by atoms with Crippen molar-refractivity contribution >= 4 is 23.1 Å². The molecule has 3 nitrogen and oxygen atoms in total. The number of nitrogens with zero attached hydrogens (tertiary/aromatic N) is 1. The Kier molecular flexibility index (Phi) is 5.61. The first-order valence-electron chi connectivity index (χ1n) is 7.74. The van der Waals surface area contributed by atoms with Crippen LogP contribution in [0.2, 0.25) is 0 Å². The van der Waals surface area contributed by atoms with Gasteiger partial charge in [0, 0.05) is 25.4 Å². The second-order valence-corrected chi connectivity index (χ2v) is 6.61.